The number of aromatic amines is 1. The van der Waals surface area contributed by atoms with E-state index in [1.54, 1.807) is 23.6 Å². The number of halogens is 2. The molecule has 2 N–H and O–H groups in total. The summed E-state index contributed by atoms with van der Waals surface area (Å²) >= 11 is 5.28. The van der Waals surface area contributed by atoms with E-state index in [9.17, 15) is 13.6 Å². The highest BCUT2D eigenvalue weighted by atomic mass is 32.1. The van der Waals surface area contributed by atoms with Crippen molar-refractivity contribution in [2.75, 3.05) is 0 Å². The van der Waals surface area contributed by atoms with Crippen molar-refractivity contribution in [3.63, 3.8) is 0 Å². The van der Waals surface area contributed by atoms with Crippen molar-refractivity contribution in [3.8, 4) is 11.4 Å². The van der Waals surface area contributed by atoms with Crippen LogP contribution in [0.4, 0.5) is 8.78 Å². The first-order valence-corrected chi connectivity index (χ1v) is 8.58. The average Bonchev–Trinajstić information content (AvgIpc) is 3.03. The van der Waals surface area contributed by atoms with Crippen molar-refractivity contribution in [1.29, 1.82) is 0 Å². The van der Waals surface area contributed by atoms with Crippen molar-refractivity contribution >= 4 is 18.1 Å². The molecule has 3 aromatic rings. The molecule has 5 nitrogen and oxygen atoms in total. The number of hydrogen-bond acceptors (Lipinski definition) is 3. The molecule has 0 saturated heterocycles. The van der Waals surface area contributed by atoms with E-state index < -0.39 is 12.7 Å². The van der Waals surface area contributed by atoms with Gasteiger partial charge in [0.15, 0.2) is 4.77 Å². The van der Waals surface area contributed by atoms with Gasteiger partial charge in [0.1, 0.15) is 11.4 Å². The molecular formula is C19H17F2N3O2S. The zero-order valence-corrected chi connectivity index (χ0v) is 15.2. The van der Waals surface area contributed by atoms with Gasteiger partial charge in [0.25, 0.3) is 5.91 Å². The minimum absolute atomic E-state index is 0.0393. The lowest BCUT2D eigenvalue weighted by atomic mass is 10.1. The Bertz CT molecular complexity index is 986. The molecule has 1 amide bonds. The number of rotatable bonds is 6. The van der Waals surface area contributed by atoms with Gasteiger partial charge in [-0.1, -0.05) is 30.3 Å². The minimum Gasteiger partial charge on any atom is -0.435 e. The molecular weight excluding hydrogens is 372 g/mol. The van der Waals surface area contributed by atoms with Gasteiger partial charge >= 0.3 is 6.61 Å². The number of benzene rings is 2. The molecule has 0 radical (unpaired) electrons. The summed E-state index contributed by atoms with van der Waals surface area (Å²) in [5.41, 5.74) is 1.74. The largest absolute Gasteiger partial charge is 0.435 e. The smallest absolute Gasteiger partial charge is 0.387 e. The van der Waals surface area contributed by atoms with Crippen LogP contribution in [0.3, 0.4) is 0 Å². The van der Waals surface area contributed by atoms with Crippen molar-refractivity contribution in [2.24, 2.45) is 0 Å². The van der Waals surface area contributed by atoms with Crippen LogP contribution in [0.25, 0.3) is 5.69 Å². The lowest BCUT2D eigenvalue weighted by Gasteiger charge is -2.16. The van der Waals surface area contributed by atoms with Crippen LogP contribution in [0, 0.1) is 4.77 Å². The second-order valence-corrected chi connectivity index (χ2v) is 6.18. The van der Waals surface area contributed by atoms with Gasteiger partial charge in [-0.3, -0.25) is 9.36 Å². The van der Waals surface area contributed by atoms with E-state index in [4.69, 9.17) is 12.2 Å². The van der Waals surface area contributed by atoms with Gasteiger partial charge in [-0.05, 0) is 49.0 Å². The fourth-order valence-corrected chi connectivity index (χ4v) is 2.95. The van der Waals surface area contributed by atoms with Crippen LogP contribution in [-0.2, 0) is 0 Å². The number of hydrogen-bond donors (Lipinski definition) is 2. The van der Waals surface area contributed by atoms with Crippen molar-refractivity contribution < 1.29 is 18.3 Å². The van der Waals surface area contributed by atoms with Crippen LogP contribution in [-0.4, -0.2) is 22.1 Å². The van der Waals surface area contributed by atoms with Crippen molar-refractivity contribution in [3.05, 3.63) is 76.8 Å². The second kappa shape index (κ2) is 8.13. The molecule has 1 heterocycles. The van der Waals surface area contributed by atoms with E-state index in [0.717, 1.165) is 5.69 Å². The lowest BCUT2D eigenvalue weighted by Crippen LogP contribution is -2.28. The number of carbonyl (C=O) groups is 1. The number of amides is 1. The first kappa shape index (κ1) is 18.8. The van der Waals surface area contributed by atoms with Gasteiger partial charge < -0.3 is 15.0 Å². The molecule has 1 atom stereocenters. The number of carbonyl (C=O) groups excluding carboxylic acids is 1. The summed E-state index contributed by atoms with van der Waals surface area (Å²) in [6.45, 7) is -1.15. The summed E-state index contributed by atoms with van der Waals surface area (Å²) < 4.78 is 31.2. The predicted octanol–water partition coefficient (Wildman–Crippen LogP) is 4.63. The number of alkyl halides is 2. The third-order valence-electron chi connectivity index (χ3n) is 3.95. The van der Waals surface area contributed by atoms with Gasteiger partial charge in [-0.2, -0.15) is 8.78 Å². The maximum atomic E-state index is 12.7. The van der Waals surface area contributed by atoms with Crippen LogP contribution in [0.15, 0.2) is 60.8 Å². The average molecular weight is 389 g/mol. The molecule has 2 aromatic carbocycles. The summed E-state index contributed by atoms with van der Waals surface area (Å²) in [5.74, 6) is -0.309. The van der Waals surface area contributed by atoms with E-state index in [1.807, 2.05) is 30.3 Å². The molecule has 0 saturated carbocycles. The molecule has 1 unspecified atom stereocenters. The normalized spacial score (nSPS) is 12.0. The van der Waals surface area contributed by atoms with Crippen LogP contribution in [0.1, 0.15) is 29.0 Å². The number of nitrogens with zero attached hydrogens (tertiary/aromatic N) is 1. The third kappa shape index (κ3) is 4.40. The zero-order valence-electron chi connectivity index (χ0n) is 14.4. The number of nitrogens with one attached hydrogen (secondary N) is 2. The number of ether oxygens (including phenoxy) is 1. The Hall–Kier alpha value is -3.00. The molecule has 0 aliphatic carbocycles. The summed E-state index contributed by atoms with van der Waals surface area (Å²) in [6, 6.07) is 15.1. The minimum atomic E-state index is -2.90. The van der Waals surface area contributed by atoms with E-state index in [-0.39, 0.29) is 11.7 Å². The van der Waals surface area contributed by atoms with E-state index in [1.165, 1.54) is 18.3 Å². The first-order chi connectivity index (χ1) is 13.0. The summed E-state index contributed by atoms with van der Waals surface area (Å²) in [6.07, 6.45) is 1.54. The van der Waals surface area contributed by atoms with Gasteiger partial charge in [-0.25, -0.2) is 0 Å². The Labute approximate surface area is 159 Å². The summed E-state index contributed by atoms with van der Waals surface area (Å²) in [5, 5.41) is 2.85. The maximum absolute atomic E-state index is 12.7. The lowest BCUT2D eigenvalue weighted by molar-refractivity contribution is -0.0499. The third-order valence-corrected chi connectivity index (χ3v) is 4.25. The molecule has 0 aliphatic heterocycles. The van der Waals surface area contributed by atoms with Gasteiger partial charge in [0, 0.05) is 11.9 Å². The first-order valence-electron chi connectivity index (χ1n) is 8.17. The topological polar surface area (TPSA) is 59.0 Å². The fourth-order valence-electron chi connectivity index (χ4n) is 2.68. The van der Waals surface area contributed by atoms with Crippen LogP contribution in [0.2, 0.25) is 0 Å². The summed E-state index contributed by atoms with van der Waals surface area (Å²) in [4.78, 5) is 15.6. The summed E-state index contributed by atoms with van der Waals surface area (Å²) in [7, 11) is 0. The molecule has 0 aliphatic rings. The van der Waals surface area contributed by atoms with E-state index in [2.05, 4.69) is 15.0 Å². The second-order valence-electron chi connectivity index (χ2n) is 5.80. The number of para-hydroxylation sites is 1. The quantitative estimate of drug-likeness (QED) is 0.605. The van der Waals surface area contributed by atoms with Crippen molar-refractivity contribution in [2.45, 2.75) is 19.6 Å². The molecule has 27 heavy (non-hydrogen) atoms. The monoisotopic (exact) mass is 389 g/mol. The predicted molar refractivity (Wildman–Crippen MR) is 99.9 cm³/mol. The highest BCUT2D eigenvalue weighted by molar-refractivity contribution is 7.71. The van der Waals surface area contributed by atoms with Crippen molar-refractivity contribution in [1.82, 2.24) is 14.9 Å². The molecule has 1 aromatic heterocycles. The van der Waals surface area contributed by atoms with E-state index >= 15 is 0 Å². The Balaban J connectivity index is 1.81. The Kier molecular flexibility index (Phi) is 5.66. The highest BCUT2D eigenvalue weighted by Gasteiger charge is 2.17. The number of imidazole rings is 1. The molecule has 140 valence electrons. The Morgan fingerprint density at radius 1 is 1.19 bits per heavy atom. The highest BCUT2D eigenvalue weighted by Crippen LogP contribution is 2.21. The SMILES string of the molecule is CC(NC(=O)c1c[nH]c(=S)n1-c1ccccc1)c1cccc(OC(F)F)c1. The Morgan fingerprint density at radius 3 is 2.63 bits per heavy atom. The molecule has 0 spiro atoms. The Morgan fingerprint density at radius 2 is 1.93 bits per heavy atom. The maximum Gasteiger partial charge on any atom is 0.387 e. The molecule has 3 rings (SSSR count). The number of aromatic nitrogens is 2. The fraction of sp³-hybridized carbons (Fsp3) is 0.158. The zero-order chi connectivity index (χ0) is 19.4. The number of H-pyrrole nitrogens is 1. The molecule has 0 fully saturated rings. The standard InChI is InChI=1S/C19H17F2N3O2S/c1-12(13-6-5-9-15(10-13)26-18(20)21)23-17(25)16-11-22-19(27)24(16)14-7-3-2-4-8-14/h2-12,18H,1H3,(H,22,27)(H,23,25). The van der Waals surface area contributed by atoms with Crippen LogP contribution < -0.4 is 10.1 Å². The van der Waals surface area contributed by atoms with Gasteiger partial charge in [0.2, 0.25) is 0 Å². The molecule has 8 heteroatoms. The van der Waals surface area contributed by atoms with Crippen LogP contribution >= 0.6 is 12.2 Å². The van der Waals surface area contributed by atoms with Gasteiger partial charge in [-0.15, -0.1) is 0 Å². The van der Waals surface area contributed by atoms with Gasteiger partial charge in [0.05, 0.1) is 6.04 Å². The van der Waals surface area contributed by atoms with E-state index in [0.29, 0.717) is 16.0 Å². The van der Waals surface area contributed by atoms with Crippen LogP contribution in [0.5, 0.6) is 5.75 Å². The molecule has 0 bridgehead atoms.